The Hall–Kier alpha value is -2.74. The highest BCUT2D eigenvalue weighted by Crippen LogP contribution is 2.22. The lowest BCUT2D eigenvalue weighted by Gasteiger charge is -2.13. The van der Waals surface area contributed by atoms with E-state index in [4.69, 9.17) is 5.73 Å². The van der Waals surface area contributed by atoms with Crippen LogP contribution in [-0.4, -0.2) is 34.2 Å². The molecule has 0 aliphatic carbocycles. The van der Waals surface area contributed by atoms with Gasteiger partial charge in [-0.15, -0.1) is 11.3 Å². The molecule has 0 bridgehead atoms. The molecule has 3 amide bonds. The highest BCUT2D eigenvalue weighted by Gasteiger charge is 2.34. The van der Waals surface area contributed by atoms with E-state index < -0.39 is 0 Å². The number of hydrogen-bond acceptors (Lipinski definition) is 6. The number of thiazole rings is 1. The number of carbonyl (C=O) groups excluding carboxylic acids is 3. The first kappa shape index (κ1) is 15.2. The van der Waals surface area contributed by atoms with Gasteiger partial charge in [-0.2, -0.15) is 0 Å². The summed E-state index contributed by atoms with van der Waals surface area (Å²) < 4.78 is 0. The van der Waals surface area contributed by atoms with Crippen LogP contribution in [0.15, 0.2) is 29.6 Å². The lowest BCUT2D eigenvalue weighted by molar-refractivity contribution is -0.121. The van der Waals surface area contributed by atoms with Gasteiger partial charge in [0, 0.05) is 18.3 Å². The number of imide groups is 1. The maximum Gasteiger partial charge on any atom is 0.261 e. The smallest absolute Gasteiger partial charge is 0.261 e. The van der Waals surface area contributed by atoms with Gasteiger partial charge in [0.1, 0.15) is 0 Å². The van der Waals surface area contributed by atoms with Crippen LogP contribution in [0.1, 0.15) is 32.8 Å². The van der Waals surface area contributed by atoms with Crippen molar-refractivity contribution in [1.82, 2.24) is 15.2 Å². The van der Waals surface area contributed by atoms with Gasteiger partial charge in [-0.25, -0.2) is 4.98 Å². The Morgan fingerprint density at radius 1 is 1.22 bits per heavy atom. The van der Waals surface area contributed by atoms with Crippen molar-refractivity contribution in [2.45, 2.75) is 13.0 Å². The zero-order valence-corrected chi connectivity index (χ0v) is 12.9. The fourth-order valence-electron chi connectivity index (χ4n) is 2.34. The quantitative estimate of drug-likeness (QED) is 0.797. The number of nitrogens with two attached hydrogens (primary N) is 1. The van der Waals surface area contributed by atoms with Crippen LogP contribution in [0.25, 0.3) is 0 Å². The Bertz CT molecular complexity index is 752. The SMILES string of the molecule is Nc1nc(CNC(=O)CCN2C(=O)c3ccccc3C2=O)cs1. The van der Waals surface area contributed by atoms with Crippen LogP contribution in [0.2, 0.25) is 0 Å². The van der Waals surface area contributed by atoms with Crippen LogP contribution in [-0.2, 0) is 11.3 Å². The van der Waals surface area contributed by atoms with Gasteiger partial charge in [-0.1, -0.05) is 12.1 Å². The molecule has 0 unspecified atom stereocenters. The van der Waals surface area contributed by atoms with Gasteiger partial charge in [-0.3, -0.25) is 19.3 Å². The standard InChI is InChI=1S/C15H14N4O3S/c16-15-18-9(8-23-15)7-17-12(20)5-6-19-13(21)10-3-1-2-4-11(10)14(19)22/h1-4,8H,5-7H2,(H2,16,18)(H,17,20). The molecule has 118 valence electrons. The van der Waals surface area contributed by atoms with Crippen molar-refractivity contribution in [1.29, 1.82) is 0 Å². The topological polar surface area (TPSA) is 105 Å². The van der Waals surface area contributed by atoms with E-state index in [0.717, 1.165) is 4.90 Å². The van der Waals surface area contributed by atoms with Crippen molar-refractivity contribution in [3.05, 3.63) is 46.5 Å². The third-order valence-electron chi connectivity index (χ3n) is 3.48. The Labute approximate surface area is 136 Å². The second-order valence-corrected chi connectivity index (χ2v) is 5.90. The molecule has 1 aromatic heterocycles. The summed E-state index contributed by atoms with van der Waals surface area (Å²) in [6.45, 7) is 0.325. The molecule has 0 saturated heterocycles. The van der Waals surface area contributed by atoms with E-state index in [0.29, 0.717) is 22.0 Å². The summed E-state index contributed by atoms with van der Waals surface area (Å²) in [5.41, 5.74) is 6.96. The second kappa shape index (κ2) is 6.17. The number of benzene rings is 1. The lowest BCUT2D eigenvalue weighted by atomic mass is 10.1. The molecule has 1 aliphatic heterocycles. The molecule has 1 aromatic carbocycles. The maximum absolute atomic E-state index is 12.2. The zero-order valence-electron chi connectivity index (χ0n) is 12.1. The molecule has 0 spiro atoms. The van der Waals surface area contributed by atoms with E-state index in [1.807, 2.05) is 0 Å². The van der Waals surface area contributed by atoms with E-state index in [1.165, 1.54) is 11.3 Å². The van der Waals surface area contributed by atoms with E-state index in [1.54, 1.807) is 29.6 Å². The van der Waals surface area contributed by atoms with Gasteiger partial charge in [-0.05, 0) is 12.1 Å². The number of aromatic nitrogens is 1. The Kier molecular flexibility index (Phi) is 4.07. The highest BCUT2D eigenvalue weighted by molar-refractivity contribution is 7.13. The molecule has 3 N–H and O–H groups in total. The number of nitrogens with zero attached hydrogens (tertiary/aromatic N) is 2. The fraction of sp³-hybridized carbons (Fsp3) is 0.200. The number of rotatable bonds is 5. The van der Waals surface area contributed by atoms with Crippen LogP contribution in [0, 0.1) is 0 Å². The fourth-order valence-corrected chi connectivity index (χ4v) is 2.90. The Balaban J connectivity index is 1.54. The van der Waals surface area contributed by atoms with E-state index >= 15 is 0 Å². The number of nitrogens with one attached hydrogen (secondary N) is 1. The minimum absolute atomic E-state index is 0.0467. The van der Waals surface area contributed by atoms with Crippen molar-refractivity contribution in [2.75, 3.05) is 12.3 Å². The Morgan fingerprint density at radius 2 is 1.87 bits per heavy atom. The number of nitrogen functional groups attached to an aromatic ring is 1. The Morgan fingerprint density at radius 3 is 2.43 bits per heavy atom. The van der Waals surface area contributed by atoms with Crippen LogP contribution in [0.3, 0.4) is 0 Å². The third-order valence-corrected chi connectivity index (χ3v) is 4.20. The molecule has 2 aromatic rings. The van der Waals surface area contributed by atoms with Gasteiger partial charge in [0.2, 0.25) is 5.91 Å². The normalized spacial score (nSPS) is 13.3. The predicted molar refractivity (Wildman–Crippen MR) is 84.8 cm³/mol. The minimum atomic E-state index is -0.356. The second-order valence-electron chi connectivity index (χ2n) is 5.01. The number of hydrogen-bond donors (Lipinski definition) is 2. The summed E-state index contributed by atoms with van der Waals surface area (Å²) in [4.78, 5) is 41.3. The maximum atomic E-state index is 12.2. The van der Waals surface area contributed by atoms with Crippen LogP contribution < -0.4 is 11.1 Å². The monoisotopic (exact) mass is 330 g/mol. The summed E-state index contributed by atoms with van der Waals surface area (Å²) >= 11 is 1.30. The number of anilines is 1. The molecule has 7 nitrogen and oxygen atoms in total. The van der Waals surface area contributed by atoms with Gasteiger partial charge in [0.15, 0.2) is 5.13 Å². The van der Waals surface area contributed by atoms with E-state index in [9.17, 15) is 14.4 Å². The molecule has 0 radical (unpaired) electrons. The van der Waals surface area contributed by atoms with Gasteiger partial charge < -0.3 is 11.1 Å². The lowest BCUT2D eigenvalue weighted by Crippen LogP contribution is -2.34. The first-order chi connectivity index (χ1) is 11.1. The van der Waals surface area contributed by atoms with Crippen molar-refractivity contribution < 1.29 is 14.4 Å². The summed E-state index contributed by atoms with van der Waals surface area (Å²) in [5, 5.41) is 4.90. The first-order valence-electron chi connectivity index (χ1n) is 6.98. The van der Waals surface area contributed by atoms with Gasteiger partial charge >= 0.3 is 0 Å². The zero-order chi connectivity index (χ0) is 16.4. The summed E-state index contributed by atoms with van der Waals surface area (Å²) in [5.74, 6) is -0.968. The largest absolute Gasteiger partial charge is 0.375 e. The summed E-state index contributed by atoms with van der Waals surface area (Å²) in [6, 6.07) is 6.64. The molecule has 0 atom stereocenters. The molecule has 3 rings (SSSR count). The van der Waals surface area contributed by atoms with Crippen molar-refractivity contribution >= 4 is 34.2 Å². The third kappa shape index (κ3) is 3.07. The highest BCUT2D eigenvalue weighted by atomic mass is 32.1. The van der Waals surface area contributed by atoms with Gasteiger partial charge in [0.25, 0.3) is 11.8 Å². The molecular weight excluding hydrogens is 316 g/mol. The summed E-state index contributed by atoms with van der Waals surface area (Å²) in [6.07, 6.45) is 0.0467. The number of amides is 3. The summed E-state index contributed by atoms with van der Waals surface area (Å²) in [7, 11) is 0. The molecule has 0 fully saturated rings. The molecule has 23 heavy (non-hydrogen) atoms. The molecule has 1 aliphatic rings. The molecule has 8 heteroatoms. The van der Waals surface area contributed by atoms with Crippen molar-refractivity contribution in [2.24, 2.45) is 0 Å². The van der Waals surface area contributed by atoms with E-state index in [-0.39, 0.29) is 37.2 Å². The number of fused-ring (bicyclic) bond motifs is 1. The van der Waals surface area contributed by atoms with Crippen LogP contribution in [0.4, 0.5) is 5.13 Å². The van der Waals surface area contributed by atoms with Crippen molar-refractivity contribution in [3.63, 3.8) is 0 Å². The average molecular weight is 330 g/mol. The van der Waals surface area contributed by atoms with Crippen LogP contribution >= 0.6 is 11.3 Å². The van der Waals surface area contributed by atoms with E-state index in [2.05, 4.69) is 10.3 Å². The molecular formula is C15H14N4O3S. The predicted octanol–water partition coefficient (Wildman–Crippen LogP) is 1.03. The first-order valence-corrected chi connectivity index (χ1v) is 7.86. The molecule has 0 saturated carbocycles. The minimum Gasteiger partial charge on any atom is -0.375 e. The van der Waals surface area contributed by atoms with Crippen LogP contribution in [0.5, 0.6) is 0 Å². The molecule has 2 heterocycles. The number of carbonyl (C=O) groups is 3. The average Bonchev–Trinajstić information content (AvgIpc) is 3.07. The van der Waals surface area contributed by atoms with Gasteiger partial charge in [0.05, 0.1) is 23.4 Å². The van der Waals surface area contributed by atoms with Crippen molar-refractivity contribution in [3.8, 4) is 0 Å².